The summed E-state index contributed by atoms with van der Waals surface area (Å²) in [7, 11) is -0.722. The monoisotopic (exact) mass is 296 g/mol. The minimum atomic E-state index is -0.722. The Morgan fingerprint density at radius 1 is 0.667 bits per heavy atom. The van der Waals surface area contributed by atoms with E-state index in [1.807, 2.05) is 0 Å². The molecule has 1 nitrogen and oxygen atoms in total. The van der Waals surface area contributed by atoms with Crippen molar-refractivity contribution in [3.05, 3.63) is 0 Å². The first-order chi connectivity index (χ1) is 8.24. The van der Waals surface area contributed by atoms with Crippen molar-refractivity contribution in [3.63, 3.8) is 0 Å². The molecule has 0 radical (unpaired) electrons. The van der Waals surface area contributed by atoms with Crippen LogP contribution < -0.4 is 12.4 Å². The normalized spacial score (nSPS) is 11.3. The second-order valence-corrected chi connectivity index (χ2v) is 9.85. The number of hydrogen-bond donors (Lipinski definition) is 1. The van der Waals surface area contributed by atoms with Crippen LogP contribution >= 0.6 is 7.26 Å². The van der Waals surface area contributed by atoms with Crippen molar-refractivity contribution in [3.8, 4) is 0 Å². The van der Waals surface area contributed by atoms with Crippen LogP contribution in [0, 0.1) is 0 Å². The van der Waals surface area contributed by atoms with Crippen molar-refractivity contribution in [2.45, 2.75) is 65.7 Å². The van der Waals surface area contributed by atoms with Crippen LogP contribution in [0.25, 0.3) is 0 Å². The number of halogens is 1. The van der Waals surface area contributed by atoms with Crippen LogP contribution in [0.5, 0.6) is 0 Å². The van der Waals surface area contributed by atoms with Crippen molar-refractivity contribution < 1.29 is 17.5 Å². The molecule has 0 fully saturated rings. The smallest absolute Gasteiger partial charge is 0.0616 e. The van der Waals surface area contributed by atoms with E-state index in [-0.39, 0.29) is 12.4 Å². The third-order valence-corrected chi connectivity index (χ3v) is 8.81. The topological polar surface area (TPSA) is 20.2 Å². The second kappa shape index (κ2) is 14.1. The van der Waals surface area contributed by atoms with Crippen LogP contribution in [-0.4, -0.2) is 36.4 Å². The summed E-state index contributed by atoms with van der Waals surface area (Å²) in [5.41, 5.74) is 0. The number of aliphatic hydroxyl groups is 1. The molecule has 0 bridgehead atoms. The van der Waals surface area contributed by atoms with E-state index in [9.17, 15) is 0 Å². The molecule has 0 aliphatic rings. The molecule has 3 heteroatoms. The number of hydrogen-bond acceptors (Lipinski definition) is 1. The summed E-state index contributed by atoms with van der Waals surface area (Å²) < 4.78 is 0. The Morgan fingerprint density at radius 2 is 1.00 bits per heavy atom. The summed E-state index contributed by atoms with van der Waals surface area (Å²) in [6.45, 7) is 7.31. The number of rotatable bonds is 12. The molecule has 0 aliphatic heterocycles. The molecule has 0 spiro atoms. The van der Waals surface area contributed by atoms with Gasteiger partial charge in [0.15, 0.2) is 0 Å². The lowest BCUT2D eigenvalue weighted by atomic mass is 10.4. The largest absolute Gasteiger partial charge is 1.00 e. The average Bonchev–Trinajstić information content (AvgIpc) is 2.37. The third-order valence-electron chi connectivity index (χ3n) is 3.75. The molecular weight excluding hydrogens is 263 g/mol. The predicted octanol–water partition coefficient (Wildman–Crippen LogP) is 1.79. The molecule has 0 aromatic rings. The fraction of sp³-hybridized carbons (Fsp3) is 1.00. The molecule has 1 N–H and O–H groups in total. The van der Waals surface area contributed by atoms with Gasteiger partial charge in [-0.1, -0.05) is 40.0 Å². The van der Waals surface area contributed by atoms with Crippen molar-refractivity contribution in [1.82, 2.24) is 0 Å². The van der Waals surface area contributed by atoms with Gasteiger partial charge in [0.2, 0.25) is 0 Å². The molecule has 112 valence electrons. The summed E-state index contributed by atoms with van der Waals surface area (Å²) in [6, 6.07) is 0. The Labute approximate surface area is 122 Å². The summed E-state index contributed by atoms with van der Waals surface area (Å²) in [6.07, 6.45) is 15.1. The van der Waals surface area contributed by atoms with Crippen LogP contribution in [0.4, 0.5) is 0 Å². The van der Waals surface area contributed by atoms with Crippen LogP contribution in [0.2, 0.25) is 0 Å². The van der Waals surface area contributed by atoms with Crippen LogP contribution in [-0.2, 0) is 0 Å². The molecule has 0 saturated carbocycles. The van der Waals surface area contributed by atoms with Gasteiger partial charge >= 0.3 is 0 Å². The Morgan fingerprint density at radius 3 is 1.28 bits per heavy atom. The molecule has 0 aromatic carbocycles. The SMILES string of the molecule is CCCC[P+](CCCC)(CCCC)CCCO.[Cl-]. The Hall–Kier alpha value is 0.680. The molecule has 0 heterocycles. The van der Waals surface area contributed by atoms with Gasteiger partial charge in [-0.05, 0) is 19.3 Å². The quantitative estimate of drug-likeness (QED) is 0.545. The lowest BCUT2D eigenvalue weighted by Gasteiger charge is -2.27. The van der Waals surface area contributed by atoms with Gasteiger partial charge in [-0.15, -0.1) is 0 Å². The minimum Gasteiger partial charge on any atom is -1.00 e. The van der Waals surface area contributed by atoms with E-state index in [0.717, 1.165) is 6.42 Å². The van der Waals surface area contributed by atoms with Crippen molar-refractivity contribution in [2.24, 2.45) is 0 Å². The van der Waals surface area contributed by atoms with Gasteiger partial charge in [-0.25, -0.2) is 0 Å². The van der Waals surface area contributed by atoms with E-state index in [2.05, 4.69) is 20.8 Å². The average molecular weight is 297 g/mol. The summed E-state index contributed by atoms with van der Waals surface area (Å²) >= 11 is 0. The van der Waals surface area contributed by atoms with Crippen LogP contribution in [0.1, 0.15) is 65.7 Å². The van der Waals surface area contributed by atoms with Gasteiger partial charge in [0.1, 0.15) is 0 Å². The highest BCUT2D eigenvalue weighted by Gasteiger charge is 2.34. The molecule has 0 aliphatic carbocycles. The molecule has 0 amide bonds. The van der Waals surface area contributed by atoms with Gasteiger partial charge in [-0.3, -0.25) is 0 Å². The number of aliphatic hydroxyl groups excluding tert-OH is 1. The maximum Gasteiger partial charge on any atom is 0.0616 e. The van der Waals surface area contributed by atoms with Crippen molar-refractivity contribution in [1.29, 1.82) is 0 Å². The summed E-state index contributed by atoms with van der Waals surface area (Å²) in [5.74, 6) is 0. The third kappa shape index (κ3) is 9.59. The van der Waals surface area contributed by atoms with E-state index in [1.54, 1.807) is 0 Å². The first-order valence-electron chi connectivity index (χ1n) is 7.70. The zero-order valence-corrected chi connectivity index (χ0v) is 14.4. The zero-order valence-electron chi connectivity index (χ0n) is 12.8. The molecule has 0 rings (SSSR count). The van der Waals surface area contributed by atoms with Crippen LogP contribution in [0.3, 0.4) is 0 Å². The van der Waals surface area contributed by atoms with Crippen LogP contribution in [0.15, 0.2) is 0 Å². The predicted molar refractivity (Wildman–Crippen MR) is 82.8 cm³/mol. The highest BCUT2D eigenvalue weighted by Crippen LogP contribution is 2.61. The zero-order chi connectivity index (χ0) is 13.0. The molecular formula is C15H34ClOP. The lowest BCUT2D eigenvalue weighted by Crippen LogP contribution is -3.00. The first kappa shape index (κ1) is 21.0. The van der Waals surface area contributed by atoms with Gasteiger partial charge in [0.25, 0.3) is 0 Å². The highest BCUT2D eigenvalue weighted by atomic mass is 35.5. The fourth-order valence-electron chi connectivity index (χ4n) is 2.56. The van der Waals surface area contributed by atoms with Gasteiger partial charge in [0.05, 0.1) is 24.6 Å². The molecule has 0 atom stereocenters. The van der Waals surface area contributed by atoms with Gasteiger partial charge in [0, 0.05) is 20.3 Å². The molecule has 0 aromatic heterocycles. The van der Waals surface area contributed by atoms with E-state index >= 15 is 0 Å². The summed E-state index contributed by atoms with van der Waals surface area (Å²) in [5, 5.41) is 9.12. The van der Waals surface area contributed by atoms with Crippen molar-refractivity contribution in [2.75, 3.05) is 31.3 Å². The van der Waals surface area contributed by atoms with E-state index in [0.29, 0.717) is 6.61 Å². The molecule has 18 heavy (non-hydrogen) atoms. The number of unbranched alkanes of at least 4 members (excludes halogenated alkanes) is 3. The maximum absolute atomic E-state index is 9.12. The van der Waals surface area contributed by atoms with E-state index in [4.69, 9.17) is 5.11 Å². The Bertz CT molecular complexity index is 127. The standard InChI is InChI=1S/C15H34OP.ClH/c1-4-7-12-17(13-8-5-2,14-9-6-3)15-10-11-16;/h16H,4-15H2,1-3H3;1H/q+1;/p-1. The first-order valence-corrected chi connectivity index (χ1v) is 10.2. The highest BCUT2D eigenvalue weighted by molar-refractivity contribution is 7.75. The molecule has 0 saturated heterocycles. The van der Waals surface area contributed by atoms with Crippen molar-refractivity contribution >= 4 is 7.26 Å². The minimum absolute atomic E-state index is 0. The maximum atomic E-state index is 9.12. The lowest BCUT2D eigenvalue weighted by molar-refractivity contribution is -0.00000501. The fourth-order valence-corrected chi connectivity index (χ4v) is 7.67. The summed E-state index contributed by atoms with van der Waals surface area (Å²) in [4.78, 5) is 0. The Kier molecular flexibility index (Phi) is 16.4. The molecule has 0 unspecified atom stereocenters. The van der Waals surface area contributed by atoms with Gasteiger partial charge in [-0.2, -0.15) is 0 Å². The Balaban J connectivity index is 0. The second-order valence-electron chi connectivity index (χ2n) is 5.37. The van der Waals surface area contributed by atoms with Gasteiger partial charge < -0.3 is 17.5 Å². The van der Waals surface area contributed by atoms with E-state index < -0.39 is 7.26 Å². The van der Waals surface area contributed by atoms with E-state index in [1.165, 1.54) is 63.2 Å².